The number of fused-ring (bicyclic) bond motifs is 1. The van der Waals surface area contributed by atoms with E-state index in [2.05, 4.69) is 10.3 Å². The Bertz CT molecular complexity index is 1100. The first-order valence-electron chi connectivity index (χ1n) is 9.63. The number of benzene rings is 2. The fourth-order valence-electron chi connectivity index (χ4n) is 3.55. The van der Waals surface area contributed by atoms with Gasteiger partial charge in [-0.3, -0.25) is 4.79 Å². The van der Waals surface area contributed by atoms with E-state index in [0.717, 1.165) is 22.6 Å². The largest absolute Gasteiger partial charge is 0.497 e. The maximum atomic E-state index is 12.3. The van der Waals surface area contributed by atoms with Gasteiger partial charge in [-0.15, -0.1) is 5.10 Å². The van der Waals surface area contributed by atoms with Crippen LogP contribution in [0.4, 0.5) is 5.95 Å². The molecule has 8 heteroatoms. The summed E-state index contributed by atoms with van der Waals surface area (Å²) >= 11 is 0. The van der Waals surface area contributed by atoms with E-state index in [1.165, 1.54) is 0 Å². The average Bonchev–Trinajstić information content (AvgIpc) is 3.17. The number of aromatic nitrogens is 3. The molecular formula is C22H23N5O3. The summed E-state index contributed by atoms with van der Waals surface area (Å²) in [5.41, 5.74) is 8.52. The molecule has 0 spiro atoms. The van der Waals surface area contributed by atoms with Crippen molar-refractivity contribution in [1.82, 2.24) is 14.8 Å². The van der Waals surface area contributed by atoms with Crippen molar-refractivity contribution >= 4 is 11.9 Å². The minimum atomic E-state index is -0.510. The lowest BCUT2D eigenvalue weighted by Gasteiger charge is -2.27. The van der Waals surface area contributed by atoms with Crippen LogP contribution in [0.25, 0.3) is 11.4 Å². The van der Waals surface area contributed by atoms with E-state index in [-0.39, 0.29) is 0 Å². The summed E-state index contributed by atoms with van der Waals surface area (Å²) < 4.78 is 12.4. The number of carbonyl (C=O) groups is 1. The SMILES string of the molecule is CCOc1ccc(-c2nc3n(n2)C(c2ccc(OC)cc2)C(C(N)=O)=C(C)N3)cc1. The van der Waals surface area contributed by atoms with Gasteiger partial charge in [-0.1, -0.05) is 12.1 Å². The zero-order valence-corrected chi connectivity index (χ0v) is 17.0. The van der Waals surface area contributed by atoms with Crippen LogP contribution in [0.5, 0.6) is 11.5 Å². The van der Waals surface area contributed by atoms with Gasteiger partial charge in [0.1, 0.15) is 17.5 Å². The average molecular weight is 405 g/mol. The molecule has 1 amide bonds. The third-order valence-electron chi connectivity index (χ3n) is 4.97. The highest BCUT2D eigenvalue weighted by atomic mass is 16.5. The molecule has 0 bridgehead atoms. The first-order valence-corrected chi connectivity index (χ1v) is 9.63. The molecule has 154 valence electrons. The number of ether oxygens (including phenoxy) is 2. The molecule has 1 aliphatic rings. The van der Waals surface area contributed by atoms with E-state index in [1.54, 1.807) is 11.8 Å². The highest BCUT2D eigenvalue weighted by molar-refractivity contribution is 5.95. The van der Waals surface area contributed by atoms with Crippen molar-refractivity contribution in [1.29, 1.82) is 0 Å². The summed E-state index contributed by atoms with van der Waals surface area (Å²) in [7, 11) is 1.61. The highest BCUT2D eigenvalue weighted by Gasteiger charge is 2.33. The first kappa shape index (κ1) is 19.5. The second-order valence-electron chi connectivity index (χ2n) is 6.86. The Morgan fingerprint density at radius 2 is 1.80 bits per heavy atom. The molecule has 4 rings (SSSR count). The van der Waals surface area contributed by atoms with Crippen LogP contribution in [-0.4, -0.2) is 34.4 Å². The van der Waals surface area contributed by atoms with Gasteiger partial charge in [0, 0.05) is 11.3 Å². The lowest BCUT2D eigenvalue weighted by molar-refractivity contribution is -0.115. The van der Waals surface area contributed by atoms with Crippen LogP contribution in [0.15, 0.2) is 59.8 Å². The van der Waals surface area contributed by atoms with Crippen LogP contribution < -0.4 is 20.5 Å². The molecular weight excluding hydrogens is 382 g/mol. The van der Waals surface area contributed by atoms with Crippen molar-refractivity contribution in [3.63, 3.8) is 0 Å². The van der Waals surface area contributed by atoms with Crippen molar-refractivity contribution in [2.24, 2.45) is 5.73 Å². The fourth-order valence-corrected chi connectivity index (χ4v) is 3.55. The third kappa shape index (κ3) is 3.47. The number of carbonyl (C=O) groups excluding carboxylic acids is 1. The van der Waals surface area contributed by atoms with E-state index < -0.39 is 11.9 Å². The lowest BCUT2D eigenvalue weighted by Crippen LogP contribution is -2.31. The smallest absolute Gasteiger partial charge is 0.248 e. The van der Waals surface area contributed by atoms with Gasteiger partial charge in [0.15, 0.2) is 5.82 Å². The zero-order valence-electron chi connectivity index (χ0n) is 17.0. The van der Waals surface area contributed by atoms with Crippen molar-refractivity contribution in [2.45, 2.75) is 19.9 Å². The van der Waals surface area contributed by atoms with E-state index in [9.17, 15) is 4.79 Å². The maximum absolute atomic E-state index is 12.3. The molecule has 1 atom stereocenters. The molecule has 1 aromatic heterocycles. The predicted molar refractivity (Wildman–Crippen MR) is 113 cm³/mol. The number of nitrogens with one attached hydrogen (secondary N) is 1. The Morgan fingerprint density at radius 3 is 2.40 bits per heavy atom. The van der Waals surface area contributed by atoms with Crippen LogP contribution in [0.1, 0.15) is 25.5 Å². The Kier molecular flexibility index (Phi) is 5.14. The van der Waals surface area contributed by atoms with Gasteiger partial charge in [0.2, 0.25) is 11.9 Å². The third-order valence-corrected chi connectivity index (χ3v) is 4.97. The first-order chi connectivity index (χ1) is 14.5. The van der Waals surface area contributed by atoms with Crippen LogP contribution in [0.2, 0.25) is 0 Å². The number of methoxy groups -OCH3 is 1. The minimum absolute atomic E-state index is 0.441. The topological polar surface area (TPSA) is 104 Å². The summed E-state index contributed by atoms with van der Waals surface area (Å²) in [5, 5.41) is 7.85. The standard InChI is InChI=1S/C22H23N5O3/c1-4-30-17-11-7-15(8-12-17)21-25-22-24-13(2)18(20(23)28)19(27(22)26-21)14-5-9-16(29-3)10-6-14/h5-12,19H,4H2,1-3H3,(H2,23,28)(H,24,25,26). The number of rotatable bonds is 6. The summed E-state index contributed by atoms with van der Waals surface area (Å²) in [6.07, 6.45) is 0. The summed E-state index contributed by atoms with van der Waals surface area (Å²) in [4.78, 5) is 16.9. The number of primary amides is 1. The quantitative estimate of drug-likeness (QED) is 0.653. The molecule has 30 heavy (non-hydrogen) atoms. The number of hydrogen-bond donors (Lipinski definition) is 2. The van der Waals surface area contributed by atoms with Crippen LogP contribution in [0, 0.1) is 0 Å². The van der Waals surface area contributed by atoms with E-state index >= 15 is 0 Å². The lowest BCUT2D eigenvalue weighted by atomic mass is 9.95. The van der Waals surface area contributed by atoms with Gasteiger partial charge in [-0.2, -0.15) is 4.98 Å². The van der Waals surface area contributed by atoms with Crippen LogP contribution in [0.3, 0.4) is 0 Å². The molecule has 0 aliphatic carbocycles. The number of hydrogen-bond acceptors (Lipinski definition) is 6. The molecule has 0 radical (unpaired) electrons. The Morgan fingerprint density at radius 1 is 1.13 bits per heavy atom. The number of allylic oxidation sites excluding steroid dienone is 1. The number of anilines is 1. The van der Waals surface area contributed by atoms with Crippen molar-refractivity contribution < 1.29 is 14.3 Å². The van der Waals surface area contributed by atoms with E-state index in [0.29, 0.717) is 29.6 Å². The molecule has 2 heterocycles. The number of nitrogens with zero attached hydrogens (tertiary/aromatic N) is 3. The second kappa shape index (κ2) is 7.90. The number of nitrogens with two attached hydrogens (primary N) is 1. The molecule has 8 nitrogen and oxygen atoms in total. The molecule has 0 saturated carbocycles. The number of amides is 1. The Balaban J connectivity index is 1.78. The van der Waals surface area contributed by atoms with Crippen LogP contribution in [-0.2, 0) is 4.79 Å². The van der Waals surface area contributed by atoms with Crippen molar-refractivity contribution in [3.8, 4) is 22.9 Å². The Hall–Kier alpha value is -3.81. The molecule has 0 saturated heterocycles. The van der Waals surface area contributed by atoms with Gasteiger partial charge >= 0.3 is 0 Å². The maximum Gasteiger partial charge on any atom is 0.248 e. The minimum Gasteiger partial charge on any atom is -0.497 e. The summed E-state index contributed by atoms with van der Waals surface area (Å²) in [6, 6.07) is 14.6. The molecule has 1 aliphatic heterocycles. The van der Waals surface area contributed by atoms with Gasteiger partial charge in [0.05, 0.1) is 19.3 Å². The van der Waals surface area contributed by atoms with Gasteiger partial charge in [-0.05, 0) is 55.8 Å². The summed E-state index contributed by atoms with van der Waals surface area (Å²) in [5.74, 6) is 2.08. The monoisotopic (exact) mass is 405 g/mol. The van der Waals surface area contributed by atoms with Gasteiger partial charge in [0.25, 0.3) is 0 Å². The van der Waals surface area contributed by atoms with Crippen LogP contribution >= 0.6 is 0 Å². The van der Waals surface area contributed by atoms with Crippen molar-refractivity contribution in [3.05, 3.63) is 65.4 Å². The normalized spacial score (nSPS) is 15.4. The second-order valence-corrected chi connectivity index (χ2v) is 6.86. The summed E-state index contributed by atoms with van der Waals surface area (Å²) in [6.45, 7) is 4.35. The predicted octanol–water partition coefficient (Wildman–Crippen LogP) is 3.13. The molecule has 2 aromatic carbocycles. The van der Waals surface area contributed by atoms with Crippen molar-refractivity contribution in [2.75, 3.05) is 19.0 Å². The molecule has 3 N–H and O–H groups in total. The molecule has 0 fully saturated rings. The fraction of sp³-hybridized carbons (Fsp3) is 0.227. The molecule has 3 aromatic rings. The van der Waals surface area contributed by atoms with Gasteiger partial charge < -0.3 is 20.5 Å². The van der Waals surface area contributed by atoms with E-state index in [4.69, 9.17) is 20.3 Å². The Labute approximate surface area is 174 Å². The highest BCUT2D eigenvalue weighted by Crippen LogP contribution is 2.36. The van der Waals surface area contributed by atoms with Gasteiger partial charge in [-0.25, -0.2) is 4.68 Å². The zero-order chi connectivity index (χ0) is 21.3. The van der Waals surface area contributed by atoms with E-state index in [1.807, 2.05) is 62.4 Å². The molecule has 1 unspecified atom stereocenters.